The number of nitrogens with zero attached hydrogens (tertiary/aromatic N) is 1. The number of carboxylic acids is 1. The van der Waals surface area contributed by atoms with Crippen molar-refractivity contribution < 1.29 is 14.6 Å². The van der Waals surface area contributed by atoms with Crippen molar-refractivity contribution in [1.82, 2.24) is 4.90 Å². The summed E-state index contributed by atoms with van der Waals surface area (Å²) in [6.45, 7) is 1.27. The second-order valence-electron chi connectivity index (χ2n) is 3.32. The Hall–Kier alpha value is -0.610. The lowest BCUT2D eigenvalue weighted by atomic mass is 10.1. The molecule has 0 aromatic heterocycles. The second kappa shape index (κ2) is 3.87. The van der Waals surface area contributed by atoms with E-state index >= 15 is 0 Å². The van der Waals surface area contributed by atoms with Gasteiger partial charge < -0.3 is 14.7 Å². The third-order valence-electron chi connectivity index (χ3n) is 2.40. The zero-order valence-corrected chi connectivity index (χ0v) is 7.49. The van der Waals surface area contributed by atoms with E-state index in [1.165, 1.54) is 0 Å². The van der Waals surface area contributed by atoms with Crippen LogP contribution in [0.25, 0.3) is 0 Å². The predicted octanol–water partition coefficient (Wildman–Crippen LogP) is 0.0377. The third-order valence-corrected chi connectivity index (χ3v) is 2.40. The molecule has 4 heteroatoms. The molecule has 12 heavy (non-hydrogen) atoms. The van der Waals surface area contributed by atoms with Gasteiger partial charge in [-0.05, 0) is 13.5 Å². The average molecular weight is 173 g/mol. The van der Waals surface area contributed by atoms with Crippen molar-refractivity contribution in [2.24, 2.45) is 5.92 Å². The second-order valence-corrected chi connectivity index (χ2v) is 3.32. The molecule has 1 aliphatic heterocycles. The molecule has 4 nitrogen and oxygen atoms in total. The summed E-state index contributed by atoms with van der Waals surface area (Å²) in [5, 5.41) is 8.75. The molecule has 70 valence electrons. The fourth-order valence-electron chi connectivity index (χ4n) is 1.65. The number of rotatable bonds is 3. The largest absolute Gasteiger partial charge is 0.481 e. The summed E-state index contributed by atoms with van der Waals surface area (Å²) < 4.78 is 4.99. The van der Waals surface area contributed by atoms with Crippen molar-refractivity contribution in [1.29, 1.82) is 0 Å². The SMILES string of the molecule is COC[C@@H]1C[C@H](C(=O)O)CN1C. The van der Waals surface area contributed by atoms with Crippen molar-refractivity contribution in [3.63, 3.8) is 0 Å². The van der Waals surface area contributed by atoms with Crippen LogP contribution in [0.15, 0.2) is 0 Å². The van der Waals surface area contributed by atoms with Crippen LogP contribution < -0.4 is 0 Å². The molecule has 1 N–H and O–H groups in total. The van der Waals surface area contributed by atoms with Crippen molar-refractivity contribution in [3.05, 3.63) is 0 Å². The number of hydrogen-bond donors (Lipinski definition) is 1. The van der Waals surface area contributed by atoms with Crippen LogP contribution in [0.2, 0.25) is 0 Å². The van der Waals surface area contributed by atoms with Gasteiger partial charge in [-0.15, -0.1) is 0 Å². The molecule has 2 atom stereocenters. The average Bonchev–Trinajstić information content (AvgIpc) is 2.34. The number of carboxylic acid groups (broad SMARTS) is 1. The van der Waals surface area contributed by atoms with Gasteiger partial charge in [0.2, 0.25) is 0 Å². The van der Waals surface area contributed by atoms with Crippen LogP contribution in [0.1, 0.15) is 6.42 Å². The molecule has 0 aromatic rings. The van der Waals surface area contributed by atoms with Gasteiger partial charge in [0.15, 0.2) is 0 Å². The summed E-state index contributed by atoms with van der Waals surface area (Å²) in [6.07, 6.45) is 0.708. The molecule has 0 unspecified atom stereocenters. The Morgan fingerprint density at radius 1 is 1.75 bits per heavy atom. The zero-order valence-electron chi connectivity index (χ0n) is 7.49. The van der Waals surface area contributed by atoms with E-state index < -0.39 is 5.97 Å². The van der Waals surface area contributed by atoms with E-state index in [2.05, 4.69) is 0 Å². The lowest BCUT2D eigenvalue weighted by Gasteiger charge is -2.17. The summed E-state index contributed by atoms with van der Waals surface area (Å²) in [5.41, 5.74) is 0. The minimum absolute atomic E-state index is 0.213. The number of aliphatic carboxylic acids is 1. The number of methoxy groups -OCH3 is 1. The minimum atomic E-state index is -0.694. The first-order valence-electron chi connectivity index (χ1n) is 4.07. The normalized spacial score (nSPS) is 30.8. The Labute approximate surface area is 72.1 Å². The number of ether oxygens (including phenoxy) is 1. The van der Waals surface area contributed by atoms with Crippen LogP contribution in [0.4, 0.5) is 0 Å². The molecule has 1 saturated heterocycles. The predicted molar refractivity (Wildman–Crippen MR) is 44.0 cm³/mol. The van der Waals surface area contributed by atoms with E-state index in [-0.39, 0.29) is 12.0 Å². The zero-order chi connectivity index (χ0) is 9.14. The minimum Gasteiger partial charge on any atom is -0.481 e. The van der Waals surface area contributed by atoms with Gasteiger partial charge in [0, 0.05) is 19.7 Å². The molecule has 1 heterocycles. The monoisotopic (exact) mass is 173 g/mol. The van der Waals surface area contributed by atoms with Crippen LogP contribution in [0, 0.1) is 5.92 Å². The van der Waals surface area contributed by atoms with Gasteiger partial charge in [-0.1, -0.05) is 0 Å². The van der Waals surface area contributed by atoms with Gasteiger partial charge in [0.25, 0.3) is 0 Å². The van der Waals surface area contributed by atoms with Gasteiger partial charge in [0.1, 0.15) is 0 Å². The molecule has 0 spiro atoms. The molecular weight excluding hydrogens is 158 g/mol. The summed E-state index contributed by atoms with van der Waals surface area (Å²) in [5.74, 6) is -0.907. The summed E-state index contributed by atoms with van der Waals surface area (Å²) in [6, 6.07) is 0.274. The Morgan fingerprint density at radius 3 is 2.83 bits per heavy atom. The van der Waals surface area contributed by atoms with Crippen molar-refractivity contribution >= 4 is 5.97 Å². The third kappa shape index (κ3) is 1.95. The Kier molecular flexibility index (Phi) is 3.05. The highest BCUT2D eigenvalue weighted by Crippen LogP contribution is 2.21. The van der Waals surface area contributed by atoms with Gasteiger partial charge >= 0.3 is 5.97 Å². The van der Waals surface area contributed by atoms with Crippen LogP contribution in [-0.4, -0.2) is 49.3 Å². The van der Waals surface area contributed by atoms with E-state index in [4.69, 9.17) is 9.84 Å². The smallest absolute Gasteiger partial charge is 0.307 e. The van der Waals surface area contributed by atoms with Gasteiger partial charge in [-0.2, -0.15) is 0 Å². The fraction of sp³-hybridized carbons (Fsp3) is 0.875. The van der Waals surface area contributed by atoms with E-state index in [0.29, 0.717) is 19.6 Å². The van der Waals surface area contributed by atoms with Crippen molar-refractivity contribution in [2.75, 3.05) is 27.3 Å². The molecular formula is C8H15NO3. The molecule has 1 fully saturated rings. The van der Waals surface area contributed by atoms with Crippen LogP contribution >= 0.6 is 0 Å². The maximum atomic E-state index is 10.6. The van der Waals surface area contributed by atoms with Gasteiger partial charge in [-0.3, -0.25) is 4.79 Å². The standard InChI is InChI=1S/C8H15NO3/c1-9-4-6(8(10)11)3-7(9)5-12-2/h6-7H,3-5H2,1-2H3,(H,10,11)/t6-,7-/m0/s1. The van der Waals surface area contributed by atoms with E-state index in [0.717, 1.165) is 0 Å². The first kappa shape index (κ1) is 9.48. The molecule has 0 amide bonds. The molecule has 1 aliphatic rings. The fourth-order valence-corrected chi connectivity index (χ4v) is 1.65. The summed E-state index contributed by atoms with van der Waals surface area (Å²) >= 11 is 0. The quantitative estimate of drug-likeness (QED) is 0.654. The maximum absolute atomic E-state index is 10.6. The van der Waals surface area contributed by atoms with Crippen LogP contribution in [-0.2, 0) is 9.53 Å². The molecule has 0 saturated carbocycles. The lowest BCUT2D eigenvalue weighted by Crippen LogP contribution is -2.28. The molecule has 0 radical (unpaired) electrons. The van der Waals surface area contributed by atoms with Crippen molar-refractivity contribution in [3.8, 4) is 0 Å². The number of likely N-dealkylation sites (tertiary alicyclic amines) is 1. The Balaban J connectivity index is 2.44. The van der Waals surface area contributed by atoms with E-state index in [1.54, 1.807) is 7.11 Å². The Bertz CT molecular complexity index is 172. The number of carbonyl (C=O) groups is 1. The highest BCUT2D eigenvalue weighted by molar-refractivity contribution is 5.70. The summed E-state index contributed by atoms with van der Waals surface area (Å²) in [7, 11) is 3.58. The first-order valence-corrected chi connectivity index (χ1v) is 4.07. The first-order chi connectivity index (χ1) is 5.65. The molecule has 0 bridgehead atoms. The van der Waals surface area contributed by atoms with Gasteiger partial charge in [-0.25, -0.2) is 0 Å². The maximum Gasteiger partial charge on any atom is 0.307 e. The highest BCUT2D eigenvalue weighted by atomic mass is 16.5. The van der Waals surface area contributed by atoms with Crippen LogP contribution in [0.5, 0.6) is 0 Å². The highest BCUT2D eigenvalue weighted by Gasteiger charge is 2.33. The number of hydrogen-bond acceptors (Lipinski definition) is 3. The topological polar surface area (TPSA) is 49.8 Å². The van der Waals surface area contributed by atoms with Crippen molar-refractivity contribution in [2.45, 2.75) is 12.5 Å². The summed E-state index contributed by atoms with van der Waals surface area (Å²) in [4.78, 5) is 12.7. The molecule has 0 aromatic carbocycles. The molecule has 1 rings (SSSR count). The molecule has 0 aliphatic carbocycles. The van der Waals surface area contributed by atoms with E-state index in [9.17, 15) is 4.79 Å². The van der Waals surface area contributed by atoms with Gasteiger partial charge in [0.05, 0.1) is 12.5 Å². The van der Waals surface area contributed by atoms with Crippen LogP contribution in [0.3, 0.4) is 0 Å². The number of likely N-dealkylation sites (N-methyl/N-ethyl adjacent to an activating group) is 1. The Morgan fingerprint density at radius 2 is 2.42 bits per heavy atom. The lowest BCUT2D eigenvalue weighted by molar-refractivity contribution is -0.141. The van der Waals surface area contributed by atoms with E-state index in [1.807, 2.05) is 11.9 Å².